The summed E-state index contributed by atoms with van der Waals surface area (Å²) < 4.78 is 67.8. The van der Waals surface area contributed by atoms with Crippen LogP contribution in [-0.2, 0) is 85.6 Å². The minimum atomic E-state index is -1.66. The van der Waals surface area contributed by atoms with Gasteiger partial charge in [-0.2, -0.15) is 0 Å². The van der Waals surface area contributed by atoms with E-state index in [1.165, 1.54) is 0 Å². The molecule has 1 saturated carbocycles. The zero-order valence-corrected chi connectivity index (χ0v) is 41.0. The maximum absolute atomic E-state index is 13.8. The van der Waals surface area contributed by atoms with Crippen molar-refractivity contribution in [3.05, 3.63) is 0 Å². The van der Waals surface area contributed by atoms with E-state index in [9.17, 15) is 28.8 Å². The highest BCUT2D eigenvalue weighted by molar-refractivity contribution is 5.74. The Morgan fingerprint density at radius 1 is 0.227 bits per heavy atom. The first-order chi connectivity index (χ1) is 32.1. The second-order valence-corrected chi connectivity index (χ2v) is 16.5. The van der Waals surface area contributed by atoms with Gasteiger partial charge in [-0.3, -0.25) is 28.8 Å². The normalized spacial score (nSPS) is 19.2. The summed E-state index contributed by atoms with van der Waals surface area (Å²) in [5.41, 5.74) is 0. The van der Waals surface area contributed by atoms with Crippen LogP contribution in [0.4, 0.5) is 0 Å². The topological polar surface area (TPSA) is 213 Å². The van der Waals surface area contributed by atoms with E-state index in [-0.39, 0.29) is 38.5 Å². The summed E-state index contributed by atoms with van der Waals surface area (Å²) in [6.45, 7) is 2.98. The lowest BCUT2D eigenvalue weighted by Crippen LogP contribution is -2.69. The Balaban J connectivity index is 3.97. The molecular formula is C48H84O18. The maximum atomic E-state index is 13.8. The minimum absolute atomic E-state index is 0.0696. The van der Waals surface area contributed by atoms with Gasteiger partial charge < -0.3 is 56.8 Å². The predicted molar refractivity (Wildman–Crippen MR) is 241 cm³/mol. The Morgan fingerprint density at radius 2 is 0.364 bits per heavy atom. The Labute approximate surface area is 393 Å². The molecule has 1 aliphatic carbocycles. The number of carbonyl (C=O) groups excluding carboxylic acids is 6. The Bertz CT molecular complexity index is 1040. The van der Waals surface area contributed by atoms with Crippen LogP contribution in [0, 0.1) is 0 Å². The van der Waals surface area contributed by atoms with Gasteiger partial charge in [-0.25, -0.2) is 0 Å². The Morgan fingerprint density at radius 3 is 0.485 bits per heavy atom. The van der Waals surface area contributed by atoms with Gasteiger partial charge in [-0.15, -0.1) is 0 Å². The Kier molecular flexibility index (Phi) is 37.3. The van der Waals surface area contributed by atoms with Crippen molar-refractivity contribution in [2.75, 3.05) is 82.3 Å². The summed E-state index contributed by atoms with van der Waals surface area (Å²) in [5, 5.41) is 0. The van der Waals surface area contributed by atoms with Gasteiger partial charge in [0.1, 0.15) is 0 Å². The molecular weight excluding hydrogens is 865 g/mol. The van der Waals surface area contributed by atoms with E-state index in [1.807, 2.05) is 0 Å². The van der Waals surface area contributed by atoms with E-state index in [1.54, 1.807) is 42.7 Å². The monoisotopic (exact) mass is 949 g/mol. The molecule has 0 heterocycles. The lowest BCUT2D eigenvalue weighted by molar-refractivity contribution is -0.262. The highest BCUT2D eigenvalue weighted by Crippen LogP contribution is 2.36. The number of hydrogen-bond acceptors (Lipinski definition) is 18. The summed E-state index contributed by atoms with van der Waals surface area (Å²) in [6, 6.07) is 0. The molecule has 1 rings (SSSR count). The number of esters is 6. The molecule has 0 aromatic carbocycles. The molecule has 0 saturated heterocycles. The van der Waals surface area contributed by atoms with E-state index >= 15 is 0 Å². The zero-order valence-electron chi connectivity index (χ0n) is 41.0. The van der Waals surface area contributed by atoms with Crippen LogP contribution in [0.15, 0.2) is 0 Å². The van der Waals surface area contributed by atoms with E-state index in [0.717, 1.165) is 0 Å². The van der Waals surface area contributed by atoms with Crippen molar-refractivity contribution in [2.45, 2.75) is 191 Å². The molecule has 18 heteroatoms. The van der Waals surface area contributed by atoms with Crippen molar-refractivity contribution in [1.29, 1.82) is 0 Å². The summed E-state index contributed by atoms with van der Waals surface area (Å²) in [4.78, 5) is 83.0. The largest absolute Gasteiger partial charge is 0.454 e. The number of rotatable bonds is 42. The molecule has 0 spiro atoms. The molecule has 0 radical (unpaired) electrons. The lowest BCUT2D eigenvalue weighted by Gasteiger charge is -2.47. The van der Waals surface area contributed by atoms with Crippen LogP contribution >= 0.6 is 0 Å². The highest BCUT2D eigenvalue weighted by atomic mass is 16.7. The molecule has 0 N–H and O–H groups in total. The molecule has 0 amide bonds. The smallest absolute Gasteiger partial charge is 0.306 e. The molecule has 66 heavy (non-hydrogen) atoms. The van der Waals surface area contributed by atoms with Gasteiger partial charge >= 0.3 is 35.8 Å². The number of hydrogen-bond donors (Lipinski definition) is 0. The zero-order chi connectivity index (χ0) is 48.6. The third kappa shape index (κ3) is 28.7. The molecule has 0 aromatic rings. The average Bonchev–Trinajstić information content (AvgIpc) is 3.29. The highest BCUT2D eigenvalue weighted by Gasteiger charge is 2.61. The van der Waals surface area contributed by atoms with Gasteiger partial charge in [0.2, 0.25) is 0 Å². The average molecular weight is 949 g/mol. The van der Waals surface area contributed by atoms with Gasteiger partial charge in [-0.1, -0.05) is 38.5 Å². The van der Waals surface area contributed by atoms with Crippen molar-refractivity contribution in [3.63, 3.8) is 0 Å². The van der Waals surface area contributed by atoms with E-state index in [0.29, 0.717) is 155 Å². The van der Waals surface area contributed by atoms with Gasteiger partial charge in [0.25, 0.3) is 0 Å². The molecule has 0 atom stereocenters. The van der Waals surface area contributed by atoms with Crippen molar-refractivity contribution < 1.29 is 85.6 Å². The number of ether oxygens (including phenoxy) is 12. The van der Waals surface area contributed by atoms with Crippen LogP contribution in [0.1, 0.15) is 154 Å². The van der Waals surface area contributed by atoms with Crippen LogP contribution in [-0.4, -0.2) is 155 Å². The fourth-order valence-electron chi connectivity index (χ4n) is 7.35. The molecule has 0 bridgehead atoms. The van der Waals surface area contributed by atoms with E-state index in [4.69, 9.17) is 56.8 Å². The third-order valence-corrected chi connectivity index (χ3v) is 10.9. The predicted octanol–water partition coefficient (Wildman–Crippen LogP) is 6.71. The van der Waals surface area contributed by atoms with Gasteiger partial charge in [0.05, 0.1) is 0 Å². The molecule has 1 fully saturated rings. The molecule has 384 valence electrons. The molecule has 0 aromatic heterocycles. The SMILES string of the molecule is COCCCCCC(=O)OC1C(OC(=O)CCCCCOC)C(OC(=O)CCCCCOC)C(OC(=O)CCCCCOC)C(OC(=O)CCCCCOC)C1OC(=O)CCCCCOC. The fraction of sp³-hybridized carbons (Fsp3) is 0.875. The van der Waals surface area contributed by atoms with Gasteiger partial charge in [0.15, 0.2) is 36.6 Å². The van der Waals surface area contributed by atoms with Crippen LogP contribution in [0.2, 0.25) is 0 Å². The molecule has 18 nitrogen and oxygen atoms in total. The molecule has 0 aliphatic heterocycles. The number of unbranched alkanes of at least 4 members (excludes halogenated alkanes) is 12. The first kappa shape index (κ1) is 60.6. The first-order valence-electron chi connectivity index (χ1n) is 24.2. The number of methoxy groups -OCH3 is 6. The third-order valence-electron chi connectivity index (χ3n) is 10.9. The minimum Gasteiger partial charge on any atom is -0.454 e. The standard InChI is InChI=1S/C48H84O18/c1-55-31-19-7-13-25-37(49)61-43-44(62-38(50)26-14-8-20-32-56-2)46(64-40(52)28-16-10-22-34-58-4)48(66-42(54)30-18-12-24-36-60-6)47(65-41(53)29-17-11-23-35-59-5)45(43)63-39(51)27-15-9-21-33-57-3/h43-48H,7-36H2,1-6H3. The first-order valence-corrected chi connectivity index (χ1v) is 24.2. The number of carbonyl (C=O) groups is 6. The molecule has 0 unspecified atom stereocenters. The fourth-order valence-corrected chi connectivity index (χ4v) is 7.35. The van der Waals surface area contributed by atoms with Crippen molar-refractivity contribution in [3.8, 4) is 0 Å². The summed E-state index contributed by atoms with van der Waals surface area (Å²) >= 11 is 0. The van der Waals surface area contributed by atoms with E-state index < -0.39 is 72.4 Å². The maximum Gasteiger partial charge on any atom is 0.306 e. The van der Waals surface area contributed by atoms with Gasteiger partial charge in [0, 0.05) is 121 Å². The summed E-state index contributed by atoms with van der Waals surface area (Å²) in [5.74, 6) is -4.35. The van der Waals surface area contributed by atoms with Crippen LogP contribution in [0.3, 0.4) is 0 Å². The second-order valence-electron chi connectivity index (χ2n) is 16.5. The van der Waals surface area contributed by atoms with Crippen molar-refractivity contribution in [2.24, 2.45) is 0 Å². The van der Waals surface area contributed by atoms with Gasteiger partial charge in [-0.05, 0) is 77.0 Å². The van der Waals surface area contributed by atoms with E-state index in [2.05, 4.69) is 0 Å². The van der Waals surface area contributed by atoms with Crippen LogP contribution in [0.25, 0.3) is 0 Å². The summed E-state index contributed by atoms with van der Waals surface area (Å²) in [7, 11) is 9.51. The van der Waals surface area contributed by atoms with Crippen LogP contribution < -0.4 is 0 Å². The van der Waals surface area contributed by atoms with Crippen molar-refractivity contribution >= 4 is 35.8 Å². The van der Waals surface area contributed by atoms with Crippen LogP contribution in [0.5, 0.6) is 0 Å². The molecule has 1 aliphatic rings. The summed E-state index contributed by atoms with van der Waals surface area (Å²) in [6.07, 6.45) is 0.0783. The van der Waals surface area contributed by atoms with Crippen molar-refractivity contribution in [1.82, 2.24) is 0 Å². The lowest BCUT2D eigenvalue weighted by atomic mass is 9.83. The second kappa shape index (κ2) is 40.6. The quantitative estimate of drug-likeness (QED) is 0.0353. The Hall–Kier alpha value is -3.42.